The van der Waals surface area contributed by atoms with E-state index in [2.05, 4.69) is 72.0 Å². The minimum Gasteiger partial charge on any atom is -0.459 e. The predicted octanol–water partition coefficient (Wildman–Crippen LogP) is 8.58. The summed E-state index contributed by atoms with van der Waals surface area (Å²) < 4.78 is 12.0. The van der Waals surface area contributed by atoms with E-state index in [1.54, 1.807) is 0 Å². The number of nitrogens with one attached hydrogen (secondary N) is 1. The number of amides is 1. The largest absolute Gasteiger partial charge is 0.459 e. The summed E-state index contributed by atoms with van der Waals surface area (Å²) in [5.41, 5.74) is 2.04. The summed E-state index contributed by atoms with van der Waals surface area (Å²) in [5, 5.41) is 3.41. The van der Waals surface area contributed by atoms with Crippen molar-refractivity contribution in [2.24, 2.45) is 50.2 Å². The Balaban J connectivity index is 1.37. The first-order valence-electron chi connectivity index (χ1n) is 18.3. The maximum atomic E-state index is 14.4. The predicted molar refractivity (Wildman–Crippen MR) is 184 cm³/mol. The van der Waals surface area contributed by atoms with Crippen LogP contribution in [0.2, 0.25) is 0 Å². The van der Waals surface area contributed by atoms with Gasteiger partial charge in [-0.15, -0.1) is 0 Å². The molecule has 5 aliphatic carbocycles. The maximum Gasteiger partial charge on any atom is 0.303 e. The molecule has 47 heavy (non-hydrogen) atoms. The summed E-state index contributed by atoms with van der Waals surface area (Å²) in [6, 6.07) is 10.3. The highest BCUT2D eigenvalue weighted by Crippen LogP contribution is 2.76. The SMILES string of the molecule is CC(=O)O[C@H]1C[C@]2(C)[C@H]3CC=C4[C@@H]5CC(C)(C)CC[C@]5(C(=O)NCc5ccccc5)CC[C@@]4(C)[C@]3(C)CC[C@H]2C(C)(C)[C@H]1OC(C)=O. The third-order valence-corrected chi connectivity index (χ3v) is 14.9. The number of rotatable bonds is 5. The van der Waals surface area contributed by atoms with Gasteiger partial charge in [0.15, 0.2) is 0 Å². The van der Waals surface area contributed by atoms with Gasteiger partial charge in [0.2, 0.25) is 5.91 Å². The Morgan fingerprint density at radius 2 is 1.47 bits per heavy atom. The highest BCUT2D eigenvalue weighted by Gasteiger charge is 2.70. The van der Waals surface area contributed by atoms with Crippen molar-refractivity contribution >= 4 is 17.8 Å². The van der Waals surface area contributed by atoms with E-state index >= 15 is 0 Å². The van der Waals surface area contributed by atoms with Gasteiger partial charge in [0.1, 0.15) is 12.2 Å². The summed E-state index contributed by atoms with van der Waals surface area (Å²) in [5.74, 6) is 0.528. The highest BCUT2D eigenvalue weighted by molar-refractivity contribution is 5.84. The Morgan fingerprint density at radius 3 is 2.13 bits per heavy atom. The van der Waals surface area contributed by atoms with Crippen molar-refractivity contribution in [1.29, 1.82) is 0 Å². The molecule has 0 aliphatic heterocycles. The van der Waals surface area contributed by atoms with Gasteiger partial charge in [-0.05, 0) is 103 Å². The standard InChI is InChI=1S/C41H59NO5/c1-26(43)46-31-24-38(7)32(37(5,6)34(31)47-27(2)44)17-18-40(9)33(38)16-15-29-30-23-36(3,4)19-21-41(30,22-20-39(29,40)8)35(45)42-25-28-13-11-10-12-14-28/h10-15,30-34H,16-25H2,1-9H3,(H,42,45)/t30-,31-,32-,33+,34-,38-,39+,40+,41-/m0/s1. The number of hydrogen-bond donors (Lipinski definition) is 1. The summed E-state index contributed by atoms with van der Waals surface area (Å²) in [6.07, 6.45) is 10.4. The summed E-state index contributed by atoms with van der Waals surface area (Å²) in [6.45, 7) is 20.2. The van der Waals surface area contributed by atoms with Crippen molar-refractivity contribution in [3.63, 3.8) is 0 Å². The monoisotopic (exact) mass is 645 g/mol. The number of fused-ring (bicyclic) bond motifs is 7. The minimum atomic E-state index is -0.473. The molecule has 0 bridgehead atoms. The zero-order valence-electron chi connectivity index (χ0n) is 30.5. The fraction of sp³-hybridized carbons (Fsp3) is 0.732. The fourth-order valence-corrected chi connectivity index (χ4v) is 12.4. The van der Waals surface area contributed by atoms with Gasteiger partial charge in [0, 0.05) is 25.8 Å². The van der Waals surface area contributed by atoms with E-state index in [4.69, 9.17) is 9.47 Å². The van der Waals surface area contributed by atoms with E-state index in [9.17, 15) is 14.4 Å². The molecule has 0 heterocycles. The van der Waals surface area contributed by atoms with Crippen molar-refractivity contribution in [1.82, 2.24) is 5.32 Å². The Kier molecular flexibility index (Phi) is 8.36. The molecule has 1 aromatic carbocycles. The summed E-state index contributed by atoms with van der Waals surface area (Å²) >= 11 is 0. The van der Waals surface area contributed by atoms with Crippen LogP contribution in [0.1, 0.15) is 126 Å². The van der Waals surface area contributed by atoms with Gasteiger partial charge in [-0.25, -0.2) is 0 Å². The Bertz CT molecular complexity index is 1450. The van der Waals surface area contributed by atoms with E-state index in [1.165, 1.54) is 19.4 Å². The van der Waals surface area contributed by atoms with Gasteiger partial charge in [0.25, 0.3) is 0 Å². The molecule has 0 spiro atoms. The van der Waals surface area contributed by atoms with E-state index in [1.807, 2.05) is 18.2 Å². The lowest BCUT2D eigenvalue weighted by Gasteiger charge is -2.71. The number of allylic oxidation sites excluding steroid dienone is 2. The molecule has 6 nitrogen and oxygen atoms in total. The molecule has 258 valence electrons. The highest BCUT2D eigenvalue weighted by atomic mass is 16.6. The normalized spacial score (nSPS) is 41.5. The first kappa shape index (κ1) is 34.2. The molecular weight excluding hydrogens is 586 g/mol. The lowest BCUT2D eigenvalue weighted by Crippen LogP contribution is -2.68. The molecule has 4 saturated carbocycles. The summed E-state index contributed by atoms with van der Waals surface area (Å²) in [4.78, 5) is 39.1. The van der Waals surface area contributed by atoms with Gasteiger partial charge in [-0.3, -0.25) is 14.4 Å². The average molecular weight is 646 g/mol. The van der Waals surface area contributed by atoms with Crippen LogP contribution in [0.25, 0.3) is 0 Å². The van der Waals surface area contributed by atoms with E-state index in [0.717, 1.165) is 56.9 Å². The quantitative estimate of drug-likeness (QED) is 0.256. The lowest BCUT2D eigenvalue weighted by molar-refractivity contribution is -0.243. The fourth-order valence-electron chi connectivity index (χ4n) is 12.4. The van der Waals surface area contributed by atoms with Crippen LogP contribution in [0.15, 0.2) is 42.0 Å². The Labute approximate surface area is 283 Å². The molecule has 4 fully saturated rings. The molecule has 1 amide bonds. The lowest BCUT2D eigenvalue weighted by atomic mass is 9.33. The molecule has 1 N–H and O–H groups in total. The van der Waals surface area contributed by atoms with Gasteiger partial charge in [-0.1, -0.05) is 90.4 Å². The molecular formula is C41H59NO5. The van der Waals surface area contributed by atoms with E-state index < -0.39 is 12.2 Å². The van der Waals surface area contributed by atoms with Crippen LogP contribution in [0.5, 0.6) is 0 Å². The van der Waals surface area contributed by atoms with Crippen LogP contribution in [0.4, 0.5) is 0 Å². The molecule has 0 saturated heterocycles. The number of hydrogen-bond acceptors (Lipinski definition) is 5. The van der Waals surface area contributed by atoms with Crippen LogP contribution in [0, 0.1) is 50.2 Å². The van der Waals surface area contributed by atoms with Gasteiger partial charge in [0.05, 0.1) is 5.41 Å². The second kappa shape index (κ2) is 11.5. The molecule has 5 aliphatic rings. The summed E-state index contributed by atoms with van der Waals surface area (Å²) in [7, 11) is 0. The number of carbonyl (C=O) groups is 3. The van der Waals surface area contributed by atoms with Crippen molar-refractivity contribution < 1.29 is 23.9 Å². The van der Waals surface area contributed by atoms with Crippen LogP contribution < -0.4 is 5.32 Å². The van der Waals surface area contributed by atoms with Crippen LogP contribution >= 0.6 is 0 Å². The van der Waals surface area contributed by atoms with Crippen molar-refractivity contribution in [3.05, 3.63) is 47.5 Å². The Morgan fingerprint density at radius 1 is 0.809 bits per heavy atom. The van der Waals surface area contributed by atoms with E-state index in [-0.39, 0.29) is 56.3 Å². The van der Waals surface area contributed by atoms with Gasteiger partial charge < -0.3 is 14.8 Å². The maximum absolute atomic E-state index is 14.4. The van der Waals surface area contributed by atoms with Crippen LogP contribution in [0.3, 0.4) is 0 Å². The zero-order chi connectivity index (χ0) is 34.2. The van der Waals surface area contributed by atoms with Gasteiger partial charge in [-0.2, -0.15) is 0 Å². The molecule has 0 unspecified atom stereocenters. The van der Waals surface area contributed by atoms with Crippen molar-refractivity contribution in [2.45, 2.75) is 139 Å². The molecule has 9 atom stereocenters. The van der Waals surface area contributed by atoms with Crippen LogP contribution in [-0.2, 0) is 30.4 Å². The van der Waals surface area contributed by atoms with Gasteiger partial charge >= 0.3 is 11.9 Å². The number of benzene rings is 1. The zero-order valence-corrected chi connectivity index (χ0v) is 30.5. The molecule has 0 radical (unpaired) electrons. The first-order valence-corrected chi connectivity index (χ1v) is 18.3. The van der Waals surface area contributed by atoms with Crippen LogP contribution in [-0.4, -0.2) is 30.1 Å². The second-order valence-electron chi connectivity index (χ2n) is 18.2. The number of esters is 2. The third kappa shape index (κ3) is 5.30. The van der Waals surface area contributed by atoms with Crippen molar-refractivity contribution in [3.8, 4) is 0 Å². The average Bonchev–Trinajstić information content (AvgIpc) is 2.98. The second-order valence-corrected chi connectivity index (χ2v) is 18.2. The number of ether oxygens (including phenoxy) is 2. The van der Waals surface area contributed by atoms with E-state index in [0.29, 0.717) is 24.8 Å². The smallest absolute Gasteiger partial charge is 0.303 e. The minimum absolute atomic E-state index is 0.0288. The first-order chi connectivity index (χ1) is 21.9. The number of carbonyl (C=O) groups excluding carboxylic acids is 3. The van der Waals surface area contributed by atoms with Crippen molar-refractivity contribution in [2.75, 3.05) is 0 Å². The molecule has 6 rings (SSSR count). The Hall–Kier alpha value is -2.63. The molecule has 1 aromatic rings. The molecule has 0 aromatic heterocycles. The third-order valence-electron chi connectivity index (χ3n) is 14.9. The molecule has 6 heteroatoms. The topological polar surface area (TPSA) is 81.7 Å².